The molecule has 2 heteroatoms. The number of nitrogens with one attached hydrogen (secondary N) is 1. The molecule has 1 aliphatic rings. The highest BCUT2D eigenvalue weighted by Crippen LogP contribution is 2.18. The molecule has 1 aromatic rings. The highest BCUT2D eigenvalue weighted by molar-refractivity contribution is 5.21. The predicted molar refractivity (Wildman–Crippen MR) is 73.1 cm³/mol. The number of benzene rings is 1. The fourth-order valence-electron chi connectivity index (χ4n) is 1.92. The van der Waals surface area contributed by atoms with Gasteiger partial charge in [0.25, 0.3) is 0 Å². The molecular weight excluding hydrogens is 208 g/mol. The molecule has 2 nitrogen and oxygen atoms in total. The zero-order chi connectivity index (χ0) is 12.3. The summed E-state index contributed by atoms with van der Waals surface area (Å²) in [6.45, 7) is 6.57. The van der Waals surface area contributed by atoms with E-state index in [9.17, 15) is 0 Å². The van der Waals surface area contributed by atoms with Crippen LogP contribution in [0.15, 0.2) is 24.3 Å². The van der Waals surface area contributed by atoms with E-state index < -0.39 is 0 Å². The van der Waals surface area contributed by atoms with Crippen molar-refractivity contribution in [1.82, 2.24) is 10.2 Å². The Kier molecular flexibility index (Phi) is 4.19. The van der Waals surface area contributed by atoms with Crippen molar-refractivity contribution in [3.63, 3.8) is 0 Å². The smallest absolute Gasteiger partial charge is 0.0234 e. The third kappa shape index (κ3) is 4.14. The number of aryl methyl sites for hydroxylation is 1. The van der Waals surface area contributed by atoms with Crippen LogP contribution in [-0.2, 0) is 6.54 Å². The zero-order valence-corrected chi connectivity index (χ0v) is 11.2. The second-order valence-electron chi connectivity index (χ2n) is 5.43. The first-order chi connectivity index (χ1) is 8.15. The fourth-order valence-corrected chi connectivity index (χ4v) is 1.92. The van der Waals surface area contributed by atoms with E-state index in [2.05, 4.69) is 55.4 Å². The van der Waals surface area contributed by atoms with E-state index in [4.69, 9.17) is 0 Å². The van der Waals surface area contributed by atoms with Gasteiger partial charge in [0.1, 0.15) is 0 Å². The number of hydrogen-bond donors (Lipinski definition) is 1. The van der Waals surface area contributed by atoms with Gasteiger partial charge in [0.15, 0.2) is 0 Å². The van der Waals surface area contributed by atoms with Crippen molar-refractivity contribution >= 4 is 0 Å². The molecule has 17 heavy (non-hydrogen) atoms. The molecule has 0 aromatic heterocycles. The van der Waals surface area contributed by atoms with Crippen molar-refractivity contribution in [2.24, 2.45) is 0 Å². The van der Waals surface area contributed by atoms with Gasteiger partial charge in [-0.05, 0) is 39.3 Å². The Morgan fingerprint density at radius 3 is 2.53 bits per heavy atom. The molecule has 0 spiro atoms. The lowest BCUT2D eigenvalue weighted by atomic mass is 10.1. The lowest BCUT2D eigenvalue weighted by molar-refractivity contribution is 0.242. The topological polar surface area (TPSA) is 15.3 Å². The average Bonchev–Trinajstić information content (AvgIpc) is 3.13. The number of hydrogen-bond acceptors (Lipinski definition) is 2. The first-order valence-electron chi connectivity index (χ1n) is 6.64. The summed E-state index contributed by atoms with van der Waals surface area (Å²) in [5, 5.41) is 3.59. The number of likely N-dealkylation sites (N-methyl/N-ethyl adjacent to an activating group) is 1. The molecule has 1 N–H and O–H groups in total. The maximum atomic E-state index is 3.59. The van der Waals surface area contributed by atoms with E-state index >= 15 is 0 Å². The van der Waals surface area contributed by atoms with Gasteiger partial charge in [0.05, 0.1) is 0 Å². The Bertz CT molecular complexity index is 340. The van der Waals surface area contributed by atoms with Gasteiger partial charge in [-0.3, -0.25) is 4.90 Å². The van der Waals surface area contributed by atoms with Crippen molar-refractivity contribution in [2.45, 2.75) is 45.3 Å². The molecule has 94 valence electrons. The van der Waals surface area contributed by atoms with Gasteiger partial charge in [0, 0.05) is 25.2 Å². The normalized spacial score (nSPS) is 17.4. The van der Waals surface area contributed by atoms with Gasteiger partial charge in [-0.25, -0.2) is 0 Å². The summed E-state index contributed by atoms with van der Waals surface area (Å²) >= 11 is 0. The Balaban J connectivity index is 1.78. The lowest BCUT2D eigenvalue weighted by Gasteiger charge is -2.25. The van der Waals surface area contributed by atoms with Crippen LogP contribution in [-0.4, -0.2) is 30.6 Å². The second kappa shape index (κ2) is 5.65. The lowest BCUT2D eigenvalue weighted by Crippen LogP contribution is -2.38. The highest BCUT2D eigenvalue weighted by Gasteiger charge is 2.21. The van der Waals surface area contributed by atoms with Crippen LogP contribution in [0.1, 0.15) is 30.9 Å². The molecule has 1 aromatic carbocycles. The van der Waals surface area contributed by atoms with E-state index in [1.54, 1.807) is 0 Å². The Hall–Kier alpha value is -0.860. The Morgan fingerprint density at radius 2 is 1.94 bits per heavy atom. The van der Waals surface area contributed by atoms with Gasteiger partial charge in [-0.1, -0.05) is 29.8 Å². The molecule has 0 amide bonds. The molecule has 0 bridgehead atoms. The maximum Gasteiger partial charge on any atom is 0.0234 e. The molecule has 1 unspecified atom stereocenters. The van der Waals surface area contributed by atoms with Crippen molar-refractivity contribution < 1.29 is 0 Å². The van der Waals surface area contributed by atoms with E-state index in [0.717, 1.165) is 19.1 Å². The summed E-state index contributed by atoms with van der Waals surface area (Å²) in [6, 6.07) is 10.2. The van der Waals surface area contributed by atoms with Crippen LogP contribution >= 0.6 is 0 Å². The molecule has 2 rings (SSSR count). The fraction of sp³-hybridized carbons (Fsp3) is 0.600. The van der Waals surface area contributed by atoms with E-state index in [1.165, 1.54) is 24.0 Å². The largest absolute Gasteiger partial charge is 0.312 e. The minimum atomic E-state index is 0.594. The molecule has 1 saturated carbocycles. The maximum absolute atomic E-state index is 3.59. The molecular formula is C15H24N2. The average molecular weight is 232 g/mol. The summed E-state index contributed by atoms with van der Waals surface area (Å²) in [5.41, 5.74) is 2.73. The van der Waals surface area contributed by atoms with Gasteiger partial charge >= 0.3 is 0 Å². The first kappa shape index (κ1) is 12.6. The number of rotatable bonds is 6. The molecule has 1 atom stereocenters. The quantitative estimate of drug-likeness (QED) is 0.811. The summed E-state index contributed by atoms with van der Waals surface area (Å²) in [5.74, 6) is 0. The van der Waals surface area contributed by atoms with Crippen molar-refractivity contribution in [1.29, 1.82) is 0 Å². The van der Waals surface area contributed by atoms with Crippen LogP contribution in [0.4, 0.5) is 0 Å². The van der Waals surface area contributed by atoms with Crippen molar-refractivity contribution in [3.8, 4) is 0 Å². The summed E-state index contributed by atoms with van der Waals surface area (Å²) < 4.78 is 0. The minimum absolute atomic E-state index is 0.594. The Labute approximate surface area is 105 Å². The van der Waals surface area contributed by atoms with Crippen molar-refractivity contribution in [2.75, 3.05) is 13.6 Å². The molecule has 0 aliphatic heterocycles. The van der Waals surface area contributed by atoms with Crippen LogP contribution < -0.4 is 5.32 Å². The van der Waals surface area contributed by atoms with Gasteiger partial charge in [0.2, 0.25) is 0 Å². The summed E-state index contributed by atoms with van der Waals surface area (Å²) in [6.07, 6.45) is 2.74. The van der Waals surface area contributed by atoms with Gasteiger partial charge < -0.3 is 5.32 Å². The molecule has 1 aliphatic carbocycles. The van der Waals surface area contributed by atoms with E-state index in [0.29, 0.717) is 6.04 Å². The van der Waals surface area contributed by atoms with Gasteiger partial charge in [-0.15, -0.1) is 0 Å². The third-order valence-corrected chi connectivity index (χ3v) is 3.58. The SMILES string of the molecule is Cc1ccc(CN(C)C(C)CNC2CC2)cc1. The van der Waals surface area contributed by atoms with Crippen LogP contribution in [0.5, 0.6) is 0 Å². The van der Waals surface area contributed by atoms with Crippen LogP contribution in [0.2, 0.25) is 0 Å². The Morgan fingerprint density at radius 1 is 1.29 bits per heavy atom. The minimum Gasteiger partial charge on any atom is -0.312 e. The summed E-state index contributed by atoms with van der Waals surface area (Å²) in [7, 11) is 2.21. The highest BCUT2D eigenvalue weighted by atomic mass is 15.1. The van der Waals surface area contributed by atoms with Gasteiger partial charge in [-0.2, -0.15) is 0 Å². The number of nitrogens with zero attached hydrogens (tertiary/aromatic N) is 1. The van der Waals surface area contributed by atoms with Crippen LogP contribution in [0.3, 0.4) is 0 Å². The van der Waals surface area contributed by atoms with E-state index in [-0.39, 0.29) is 0 Å². The third-order valence-electron chi connectivity index (χ3n) is 3.58. The summed E-state index contributed by atoms with van der Waals surface area (Å²) in [4.78, 5) is 2.42. The van der Waals surface area contributed by atoms with Crippen molar-refractivity contribution in [3.05, 3.63) is 35.4 Å². The monoisotopic (exact) mass is 232 g/mol. The molecule has 0 heterocycles. The first-order valence-corrected chi connectivity index (χ1v) is 6.64. The molecule has 0 saturated heterocycles. The van der Waals surface area contributed by atoms with Crippen LogP contribution in [0, 0.1) is 6.92 Å². The molecule has 0 radical (unpaired) electrons. The van der Waals surface area contributed by atoms with Crippen LogP contribution in [0.25, 0.3) is 0 Å². The molecule has 1 fully saturated rings. The second-order valence-corrected chi connectivity index (χ2v) is 5.43. The predicted octanol–water partition coefficient (Wildman–Crippen LogP) is 2.57. The van der Waals surface area contributed by atoms with E-state index in [1.807, 2.05) is 0 Å². The zero-order valence-electron chi connectivity index (χ0n) is 11.2. The standard InChI is InChI=1S/C15H24N2/c1-12-4-6-14(7-5-12)11-17(3)13(2)10-16-15-8-9-15/h4-7,13,15-16H,8-11H2,1-3H3.